The smallest absolute Gasteiger partial charge is 0.317 e. The van der Waals surface area contributed by atoms with E-state index in [2.05, 4.69) is 12.1 Å². The third-order valence-electron chi connectivity index (χ3n) is 8.27. The SMILES string of the molecule is CC(=O)C(CC(=O)c1ccc(C2CCCCC2)cc1)C(=O)OC(C)(C)C.CC(=O)c1ccc(C2CCCCC2)cc1. The van der Waals surface area contributed by atoms with Crippen molar-refractivity contribution in [2.75, 3.05) is 0 Å². The van der Waals surface area contributed by atoms with Crippen LogP contribution in [0.3, 0.4) is 0 Å². The van der Waals surface area contributed by atoms with Crippen molar-refractivity contribution in [2.24, 2.45) is 5.92 Å². The van der Waals surface area contributed by atoms with Gasteiger partial charge < -0.3 is 4.74 Å². The van der Waals surface area contributed by atoms with Gasteiger partial charge in [-0.05, 0) is 83.3 Å². The van der Waals surface area contributed by atoms with Crippen LogP contribution in [0.5, 0.6) is 0 Å². The lowest BCUT2D eigenvalue weighted by atomic mass is 9.83. The summed E-state index contributed by atoms with van der Waals surface area (Å²) in [7, 11) is 0. The maximum Gasteiger partial charge on any atom is 0.317 e. The van der Waals surface area contributed by atoms with Gasteiger partial charge in [0.15, 0.2) is 11.6 Å². The van der Waals surface area contributed by atoms with E-state index in [1.807, 2.05) is 36.4 Å². The number of hydrogen-bond donors (Lipinski definition) is 0. The Balaban J connectivity index is 0.000000260. The average Bonchev–Trinajstić information content (AvgIpc) is 2.96. The van der Waals surface area contributed by atoms with Gasteiger partial charge in [-0.15, -0.1) is 0 Å². The van der Waals surface area contributed by atoms with Crippen molar-refractivity contribution >= 4 is 23.3 Å². The maximum atomic E-state index is 12.6. The third-order valence-corrected chi connectivity index (χ3v) is 8.27. The van der Waals surface area contributed by atoms with Crippen LogP contribution in [-0.4, -0.2) is 28.9 Å². The van der Waals surface area contributed by atoms with E-state index in [1.54, 1.807) is 27.7 Å². The van der Waals surface area contributed by atoms with E-state index in [9.17, 15) is 19.2 Å². The van der Waals surface area contributed by atoms with E-state index >= 15 is 0 Å². The van der Waals surface area contributed by atoms with E-state index in [-0.39, 0.29) is 23.8 Å². The predicted molar refractivity (Wildman–Crippen MR) is 164 cm³/mol. The zero-order chi connectivity index (χ0) is 30.0. The Morgan fingerprint density at radius 1 is 0.683 bits per heavy atom. The molecule has 4 rings (SSSR count). The van der Waals surface area contributed by atoms with Crippen molar-refractivity contribution < 1.29 is 23.9 Å². The van der Waals surface area contributed by atoms with E-state index in [0.717, 1.165) is 11.5 Å². The number of hydrogen-bond acceptors (Lipinski definition) is 5. The van der Waals surface area contributed by atoms with Gasteiger partial charge >= 0.3 is 5.97 Å². The second kappa shape index (κ2) is 15.2. The molecule has 2 aromatic rings. The topological polar surface area (TPSA) is 77.5 Å². The van der Waals surface area contributed by atoms with E-state index in [0.29, 0.717) is 11.5 Å². The van der Waals surface area contributed by atoms with Crippen molar-refractivity contribution in [3.05, 3.63) is 70.8 Å². The lowest BCUT2D eigenvalue weighted by Crippen LogP contribution is -2.33. The van der Waals surface area contributed by atoms with E-state index in [1.165, 1.54) is 82.3 Å². The Morgan fingerprint density at radius 2 is 1.10 bits per heavy atom. The molecule has 0 heterocycles. The quantitative estimate of drug-likeness (QED) is 0.183. The molecule has 5 heteroatoms. The first-order chi connectivity index (χ1) is 19.4. The molecule has 0 bridgehead atoms. The lowest BCUT2D eigenvalue weighted by molar-refractivity contribution is -0.161. The first-order valence-corrected chi connectivity index (χ1v) is 15.4. The highest BCUT2D eigenvalue weighted by molar-refractivity contribution is 6.05. The maximum absolute atomic E-state index is 12.6. The molecule has 222 valence electrons. The van der Waals surface area contributed by atoms with Crippen LogP contribution in [0.1, 0.15) is 149 Å². The molecular weight excluding hydrogens is 512 g/mol. The number of ketones is 3. The molecule has 2 fully saturated rings. The average molecular weight is 561 g/mol. The highest BCUT2D eigenvalue weighted by Crippen LogP contribution is 2.33. The molecule has 2 saturated carbocycles. The summed E-state index contributed by atoms with van der Waals surface area (Å²) >= 11 is 0. The first-order valence-electron chi connectivity index (χ1n) is 15.4. The number of carbonyl (C=O) groups excluding carboxylic acids is 4. The third kappa shape index (κ3) is 10.4. The fourth-order valence-electron chi connectivity index (χ4n) is 5.87. The Kier molecular flexibility index (Phi) is 12.1. The van der Waals surface area contributed by atoms with Gasteiger partial charge in [0.25, 0.3) is 0 Å². The van der Waals surface area contributed by atoms with E-state index in [4.69, 9.17) is 4.74 Å². The summed E-state index contributed by atoms with van der Waals surface area (Å²) in [5, 5.41) is 0. The molecular formula is C36H48O5. The minimum absolute atomic E-state index is 0.146. The second-order valence-electron chi connectivity index (χ2n) is 12.8. The molecule has 1 unspecified atom stereocenters. The van der Waals surface area contributed by atoms with Crippen LogP contribution in [0, 0.1) is 5.92 Å². The van der Waals surface area contributed by atoms with Gasteiger partial charge in [-0.25, -0.2) is 0 Å². The summed E-state index contributed by atoms with van der Waals surface area (Å²) < 4.78 is 5.28. The van der Waals surface area contributed by atoms with Crippen molar-refractivity contribution in [1.82, 2.24) is 0 Å². The minimum atomic E-state index is -1.04. The predicted octanol–water partition coefficient (Wildman–Crippen LogP) is 8.79. The van der Waals surface area contributed by atoms with Crippen LogP contribution in [0.4, 0.5) is 0 Å². The number of esters is 1. The summed E-state index contributed by atoms with van der Waals surface area (Å²) in [6.07, 6.45) is 12.9. The largest absolute Gasteiger partial charge is 0.459 e. The van der Waals surface area contributed by atoms with Crippen LogP contribution >= 0.6 is 0 Å². The van der Waals surface area contributed by atoms with E-state index < -0.39 is 17.5 Å². The molecule has 2 aliphatic carbocycles. The summed E-state index contributed by atoms with van der Waals surface area (Å²) in [4.78, 5) is 47.8. The van der Waals surface area contributed by atoms with Gasteiger partial charge in [0.1, 0.15) is 17.3 Å². The Labute approximate surface area is 246 Å². The molecule has 0 saturated heterocycles. The molecule has 0 spiro atoms. The molecule has 0 amide bonds. The number of rotatable bonds is 8. The number of carbonyl (C=O) groups is 4. The lowest BCUT2D eigenvalue weighted by Gasteiger charge is -2.23. The van der Waals surface area contributed by atoms with Gasteiger partial charge in [0.05, 0.1) is 0 Å². The summed E-state index contributed by atoms with van der Waals surface area (Å²) in [6.45, 7) is 8.18. The minimum Gasteiger partial charge on any atom is -0.459 e. The van der Waals surface area contributed by atoms with Gasteiger partial charge in [-0.1, -0.05) is 87.1 Å². The van der Waals surface area contributed by atoms with Crippen molar-refractivity contribution in [2.45, 2.75) is 123 Å². The molecule has 0 aromatic heterocycles. The van der Waals surface area contributed by atoms with Crippen LogP contribution < -0.4 is 0 Å². The molecule has 1 atom stereocenters. The van der Waals surface area contributed by atoms with Gasteiger partial charge in [-0.3, -0.25) is 19.2 Å². The summed E-state index contributed by atoms with van der Waals surface area (Å²) in [5.41, 5.74) is 3.38. The van der Waals surface area contributed by atoms with Crippen molar-refractivity contribution in [1.29, 1.82) is 0 Å². The fraction of sp³-hybridized carbons (Fsp3) is 0.556. The summed E-state index contributed by atoms with van der Waals surface area (Å²) in [5.74, 6) is -0.737. The molecule has 2 aromatic carbocycles. The highest BCUT2D eigenvalue weighted by Gasteiger charge is 2.31. The Bertz CT molecular complexity index is 1160. The summed E-state index contributed by atoms with van der Waals surface area (Å²) in [6, 6.07) is 15.9. The standard InChI is InChI=1S/C22H30O4.C14H18O/c1-15(23)19(21(25)26-22(2,3)4)14-20(24)18-12-10-17(11-13-18)16-8-6-5-7-9-16;1-11(15)12-7-9-14(10-8-12)13-5-3-2-4-6-13/h10-13,16,19H,5-9,14H2,1-4H3;7-10,13H,2-6H2,1H3. The Morgan fingerprint density at radius 3 is 1.46 bits per heavy atom. The Hall–Kier alpha value is -3.08. The normalized spacial score (nSPS) is 17.1. The van der Waals surface area contributed by atoms with Gasteiger partial charge in [0.2, 0.25) is 0 Å². The molecule has 41 heavy (non-hydrogen) atoms. The fourth-order valence-corrected chi connectivity index (χ4v) is 5.87. The first kappa shape index (κ1) is 32.4. The monoisotopic (exact) mass is 560 g/mol. The van der Waals surface area contributed by atoms with Crippen molar-refractivity contribution in [3.63, 3.8) is 0 Å². The zero-order valence-electron chi connectivity index (χ0n) is 25.7. The number of benzene rings is 2. The van der Waals surface area contributed by atoms with Crippen LogP contribution in [-0.2, 0) is 14.3 Å². The number of Topliss-reactive ketones (excluding diaryl/α,β-unsaturated/α-hetero) is 3. The van der Waals surface area contributed by atoms with Gasteiger partial charge in [-0.2, -0.15) is 0 Å². The highest BCUT2D eigenvalue weighted by atomic mass is 16.6. The van der Waals surface area contributed by atoms with Crippen LogP contribution in [0.15, 0.2) is 48.5 Å². The van der Waals surface area contributed by atoms with Gasteiger partial charge in [0, 0.05) is 17.5 Å². The molecule has 5 nitrogen and oxygen atoms in total. The van der Waals surface area contributed by atoms with Crippen LogP contribution in [0.25, 0.3) is 0 Å². The zero-order valence-corrected chi connectivity index (χ0v) is 25.7. The molecule has 0 radical (unpaired) electrons. The second-order valence-corrected chi connectivity index (χ2v) is 12.8. The molecule has 0 N–H and O–H groups in total. The number of ether oxygens (including phenoxy) is 1. The van der Waals surface area contributed by atoms with Crippen molar-refractivity contribution in [3.8, 4) is 0 Å². The molecule has 0 aliphatic heterocycles. The van der Waals surface area contributed by atoms with Crippen LogP contribution in [0.2, 0.25) is 0 Å². The molecule has 2 aliphatic rings.